The van der Waals surface area contributed by atoms with Crippen LogP contribution in [-0.2, 0) is 0 Å². The number of Topliss-reactive ketones (excluding diaryl/α,β-unsaturated/α-hetero) is 4. The minimum atomic E-state index is -0.172. The lowest BCUT2D eigenvalue weighted by atomic mass is 10.1. The number of phenolic OH excluding ortho intramolecular Hbond substituents is 4. The van der Waals surface area contributed by atoms with Gasteiger partial charge in [0.05, 0.1) is 40.7 Å². The van der Waals surface area contributed by atoms with Gasteiger partial charge in [0.2, 0.25) is 5.16 Å². The summed E-state index contributed by atoms with van der Waals surface area (Å²) in [4.78, 5) is 59.3. The summed E-state index contributed by atoms with van der Waals surface area (Å²) in [5.74, 6) is 1.03. The molecule has 0 atom stereocenters. The largest absolute Gasteiger partial charge is 0.508 e. The molecule has 23 heteroatoms. The van der Waals surface area contributed by atoms with E-state index < -0.39 is 0 Å². The molecule has 0 saturated heterocycles. The van der Waals surface area contributed by atoms with Gasteiger partial charge in [-0.2, -0.15) is 4.68 Å². The summed E-state index contributed by atoms with van der Waals surface area (Å²) in [6.07, 6.45) is 4.67. The Morgan fingerprint density at radius 2 is 0.958 bits per heavy atom. The predicted molar refractivity (Wildman–Crippen MR) is 390 cm³/mol. The molecule has 0 aliphatic heterocycles. The molecule has 18 nitrogen and oxygen atoms in total. The van der Waals surface area contributed by atoms with Crippen molar-refractivity contribution in [1.29, 1.82) is 10.8 Å². The lowest BCUT2D eigenvalue weighted by Gasteiger charge is -2.19. The molecule has 0 aliphatic carbocycles. The maximum Gasteiger partial charge on any atom is 0.214 e. The number of phenols is 4. The van der Waals surface area contributed by atoms with Gasteiger partial charge >= 0.3 is 0 Å². The smallest absolute Gasteiger partial charge is 0.214 e. The monoisotopic (exact) mass is 1380 g/mol. The van der Waals surface area contributed by atoms with E-state index >= 15 is 0 Å². The number of nitrogens with zero attached hydrogens (tertiary/aromatic N) is 8. The van der Waals surface area contributed by atoms with Crippen LogP contribution in [0.5, 0.6) is 23.0 Å². The Bertz CT molecular complexity index is 4340. The number of nitrogens with one attached hydrogen (secondary N) is 2. The van der Waals surface area contributed by atoms with Crippen LogP contribution in [0.15, 0.2) is 208 Å². The number of amidine groups is 1. The number of imidazole rings is 1. The molecule has 3 heterocycles. The van der Waals surface area contributed by atoms with Crippen molar-refractivity contribution >= 4 is 98.7 Å². The molecule has 11 rings (SSSR count). The summed E-state index contributed by atoms with van der Waals surface area (Å²) in [6, 6.07) is 53.1. The van der Waals surface area contributed by atoms with Gasteiger partial charge in [-0.05, 0) is 142 Å². The number of rotatable bonds is 20. The number of hydrogen-bond donors (Lipinski definition) is 6. The topological polar surface area (TPSA) is 274 Å². The molecule has 6 N–H and O–H groups in total. The molecule has 0 saturated carbocycles. The van der Waals surface area contributed by atoms with Gasteiger partial charge in [0.15, 0.2) is 37.8 Å². The second kappa shape index (κ2) is 35.6. The minimum Gasteiger partial charge on any atom is -0.508 e. The lowest BCUT2D eigenvalue weighted by molar-refractivity contribution is 0.101. The zero-order chi connectivity index (χ0) is 68.1. The lowest BCUT2D eigenvalue weighted by Crippen LogP contribution is -2.26. The van der Waals surface area contributed by atoms with Crippen LogP contribution >= 0.6 is 58.4 Å². The Morgan fingerprint density at radius 1 is 0.531 bits per heavy atom. The van der Waals surface area contributed by atoms with Crippen LogP contribution in [0, 0.1) is 59.3 Å². The number of aryl methyl sites for hydroxylation is 7. The van der Waals surface area contributed by atoms with E-state index in [4.69, 9.17) is 10.8 Å². The summed E-state index contributed by atoms with van der Waals surface area (Å²) in [6.45, 7) is 13.2. The average Bonchev–Trinajstić information content (AvgIpc) is 2.17. The van der Waals surface area contributed by atoms with Gasteiger partial charge in [0.1, 0.15) is 23.0 Å². The number of tetrazole rings is 1. The van der Waals surface area contributed by atoms with Gasteiger partial charge in [-0.25, -0.2) is 9.97 Å². The normalized spacial score (nSPS) is 10.5. The first kappa shape index (κ1) is 73.5. The molecule has 0 unspecified atom stereocenters. The Labute approximate surface area is 579 Å². The molecular weight excluding hydrogens is 1310 g/mol. The first-order chi connectivity index (χ1) is 45.6. The number of aromatic hydroxyl groups is 4. The van der Waals surface area contributed by atoms with Gasteiger partial charge in [0, 0.05) is 57.0 Å². The molecule has 0 amide bonds. The minimum absolute atomic E-state index is 0. The van der Waals surface area contributed by atoms with Gasteiger partial charge < -0.3 is 20.4 Å². The highest BCUT2D eigenvalue weighted by Crippen LogP contribution is 2.31. The SMILES string of the molecule is C.Cc1ccc(-n2ccnc2SCC(=O)c2ccc(C)c(O)c2)cc1.Cc1ccc(-n2nnnc2SCC(=O)c2ccc(C)c(O)c2)cc1.Cc1ccc(C(=O)CSc2nc(-c3ccccc3)cs2)cc1O.Cc1ccc(N(C=N)C(=N)SCC(=O)c2ccc(C)c(O)c2)cc1. The van der Waals surface area contributed by atoms with Crippen molar-refractivity contribution < 1.29 is 39.6 Å². The molecule has 492 valence electrons. The first-order valence-corrected chi connectivity index (χ1v) is 34.2. The second-order valence-electron chi connectivity index (χ2n) is 21.5. The van der Waals surface area contributed by atoms with Gasteiger partial charge in [-0.15, -0.1) is 16.4 Å². The Balaban J connectivity index is 0.000000180. The van der Waals surface area contributed by atoms with Crippen LogP contribution in [0.3, 0.4) is 0 Å². The third-order valence-corrected chi connectivity index (χ3v) is 19.1. The summed E-state index contributed by atoms with van der Waals surface area (Å²) >= 11 is 6.66. The quantitative estimate of drug-likeness (QED) is 0.0179. The number of carbonyl (C=O) groups is 4. The summed E-state index contributed by atoms with van der Waals surface area (Å²) < 4.78 is 4.43. The molecule has 11 aromatic rings. The molecule has 0 fully saturated rings. The average molecular weight is 1380 g/mol. The number of anilines is 1. The van der Waals surface area contributed by atoms with Gasteiger partial charge in [-0.1, -0.05) is 186 Å². The summed E-state index contributed by atoms with van der Waals surface area (Å²) in [5.41, 5.74) is 12.9. The van der Waals surface area contributed by atoms with E-state index in [2.05, 4.69) is 25.5 Å². The van der Waals surface area contributed by atoms with Crippen molar-refractivity contribution in [2.75, 3.05) is 27.9 Å². The molecule has 0 bridgehead atoms. The van der Waals surface area contributed by atoms with E-state index in [1.54, 1.807) is 87.1 Å². The summed E-state index contributed by atoms with van der Waals surface area (Å²) in [5, 5.41) is 69.5. The second-order valence-corrected chi connectivity index (χ2v) is 26.4. The molecule has 96 heavy (non-hydrogen) atoms. The van der Waals surface area contributed by atoms with Crippen molar-refractivity contribution in [2.24, 2.45) is 0 Å². The fourth-order valence-corrected chi connectivity index (χ4v) is 12.6. The number of aromatic nitrogens is 7. The van der Waals surface area contributed by atoms with Crippen molar-refractivity contribution in [2.45, 2.75) is 70.5 Å². The standard InChI is InChI=1S/C19H18N2O2S.C18H19N3O2S.C18H15NO2S2.C17H16N4O2S.CH4/c1-13-3-7-16(8-4-13)21-10-9-20-19(21)24-12-18(23)15-6-5-14(2)17(22)11-15;1-12-3-7-15(8-4-12)21(11-19)18(20)24-10-17(23)14-6-5-13(2)16(22)9-14;1-12-7-8-14(9-16(12)20)17(21)11-23-18-19-15(10-22-18)13-5-3-2-4-6-13;1-11-3-7-14(8-4-11)21-17(18-19-20-21)24-10-16(23)13-6-5-12(2)15(22)9-13;/h3-11,22H,12H2,1-2H3;3-9,11,19-20,22H,10H2,1-2H3;2-10,20H,11H2,1H3;3-9,22H,10H2,1-2H3;1H4. The van der Waals surface area contributed by atoms with E-state index in [0.717, 1.165) is 78.0 Å². The zero-order valence-electron chi connectivity index (χ0n) is 52.9. The maximum atomic E-state index is 12.3. The highest BCUT2D eigenvalue weighted by molar-refractivity contribution is 8.14. The molecular formula is C73H72N10O8S5. The number of ketones is 4. The fourth-order valence-electron chi connectivity index (χ4n) is 8.49. The van der Waals surface area contributed by atoms with Crippen molar-refractivity contribution in [3.63, 3.8) is 0 Å². The van der Waals surface area contributed by atoms with Crippen molar-refractivity contribution in [3.8, 4) is 45.6 Å². The third-order valence-electron chi connectivity index (χ3n) is 14.3. The number of thioether (sulfide) groups is 4. The predicted octanol–water partition coefficient (Wildman–Crippen LogP) is 16.5. The van der Waals surface area contributed by atoms with E-state index in [1.165, 1.54) is 81.4 Å². The Kier molecular flexibility index (Phi) is 27.2. The highest BCUT2D eigenvalue weighted by atomic mass is 32.2. The Morgan fingerprint density at radius 3 is 1.42 bits per heavy atom. The molecule has 0 spiro atoms. The number of benzene rings is 8. The molecule has 8 aromatic carbocycles. The molecule has 3 aromatic heterocycles. The van der Waals surface area contributed by atoms with Crippen LogP contribution in [0.2, 0.25) is 0 Å². The number of carbonyl (C=O) groups excluding carboxylic acids is 4. The van der Waals surface area contributed by atoms with Crippen molar-refractivity contribution in [1.82, 2.24) is 34.7 Å². The fraction of sp³-hybridized carbons (Fsp3) is 0.164. The van der Waals surface area contributed by atoms with E-state index in [-0.39, 0.29) is 76.0 Å². The zero-order valence-corrected chi connectivity index (χ0v) is 57.0. The molecule has 0 aliphatic rings. The van der Waals surface area contributed by atoms with Crippen LogP contribution in [-0.4, -0.2) is 113 Å². The van der Waals surface area contributed by atoms with Crippen LogP contribution in [0.1, 0.15) is 87.8 Å². The van der Waals surface area contributed by atoms with Crippen LogP contribution in [0.25, 0.3) is 22.6 Å². The molecule has 0 radical (unpaired) electrons. The van der Waals surface area contributed by atoms with Gasteiger partial charge in [0.25, 0.3) is 0 Å². The first-order valence-electron chi connectivity index (χ1n) is 29.4. The maximum absolute atomic E-state index is 12.3. The van der Waals surface area contributed by atoms with Gasteiger partial charge in [-0.3, -0.25) is 39.5 Å². The van der Waals surface area contributed by atoms with E-state index in [0.29, 0.717) is 44.4 Å². The van der Waals surface area contributed by atoms with Crippen LogP contribution in [0.4, 0.5) is 5.69 Å². The third kappa shape index (κ3) is 20.8. The van der Waals surface area contributed by atoms with Crippen LogP contribution < -0.4 is 4.90 Å². The number of hydrogen-bond acceptors (Lipinski definition) is 20. The Hall–Kier alpha value is -9.91. The van der Waals surface area contributed by atoms with Crippen molar-refractivity contribution in [3.05, 3.63) is 255 Å². The van der Waals surface area contributed by atoms with E-state index in [9.17, 15) is 39.6 Å². The number of thiazole rings is 1. The highest BCUT2D eigenvalue weighted by Gasteiger charge is 2.18. The van der Waals surface area contributed by atoms with E-state index in [1.807, 2.05) is 140 Å². The summed E-state index contributed by atoms with van der Waals surface area (Å²) in [7, 11) is 0.